The number of hydrogen-bond acceptors (Lipinski definition) is 0. The first kappa shape index (κ1) is 13.6. The van der Waals surface area contributed by atoms with Crippen molar-refractivity contribution >= 4 is 11.1 Å². The van der Waals surface area contributed by atoms with Gasteiger partial charge in [0, 0.05) is 0 Å². The number of benzene rings is 2. The summed E-state index contributed by atoms with van der Waals surface area (Å²) in [5.41, 5.74) is 7.82. The van der Waals surface area contributed by atoms with E-state index >= 15 is 0 Å². The molecule has 0 bridgehead atoms. The molecule has 3 rings (SSSR count). The van der Waals surface area contributed by atoms with Gasteiger partial charge in [-0.25, -0.2) is 0 Å². The lowest BCUT2D eigenvalue weighted by molar-refractivity contribution is 1.31. The largest absolute Gasteiger partial charge is 0.0949 e. The minimum absolute atomic E-state index is 0.892. The fraction of sp³-hybridized carbons (Fsp3) is 0.143. The third-order valence-electron chi connectivity index (χ3n) is 3.96. The van der Waals surface area contributed by atoms with E-state index in [2.05, 4.69) is 80.3 Å². The number of hydrogen-bond donors (Lipinski definition) is 0. The first-order valence-electron chi connectivity index (χ1n) is 7.44. The zero-order valence-electron chi connectivity index (χ0n) is 12.5. The van der Waals surface area contributed by atoms with E-state index in [4.69, 9.17) is 0 Å². The molecule has 1 aliphatic carbocycles. The molecule has 104 valence electrons. The number of aryl methyl sites for hydroxylation is 1. The Labute approximate surface area is 127 Å². The van der Waals surface area contributed by atoms with Crippen molar-refractivity contribution in [2.45, 2.75) is 19.8 Å². The summed E-state index contributed by atoms with van der Waals surface area (Å²) in [5, 5.41) is 0. The average Bonchev–Trinajstić information content (AvgIpc) is 2.91. The Bertz CT molecular complexity index is 729. The maximum atomic E-state index is 4.20. The van der Waals surface area contributed by atoms with Crippen LogP contribution in [0, 0.1) is 6.92 Å². The predicted octanol–water partition coefficient (Wildman–Crippen LogP) is 5.59. The van der Waals surface area contributed by atoms with Crippen molar-refractivity contribution < 1.29 is 0 Å². The molecule has 0 saturated heterocycles. The molecule has 0 nitrogen and oxygen atoms in total. The molecular weight excluding hydrogens is 252 g/mol. The molecule has 0 fully saturated rings. The Morgan fingerprint density at radius 2 is 2.00 bits per heavy atom. The summed E-state index contributed by atoms with van der Waals surface area (Å²) in [5.74, 6) is 0. The highest BCUT2D eigenvalue weighted by Gasteiger charge is 2.10. The summed E-state index contributed by atoms with van der Waals surface area (Å²) in [6, 6.07) is 17.2. The van der Waals surface area contributed by atoms with Crippen LogP contribution in [0.3, 0.4) is 0 Å². The molecule has 0 atom stereocenters. The van der Waals surface area contributed by atoms with Gasteiger partial charge in [-0.1, -0.05) is 78.9 Å². The van der Waals surface area contributed by atoms with Gasteiger partial charge in [0.05, 0.1) is 0 Å². The molecule has 2 aromatic rings. The van der Waals surface area contributed by atoms with Crippen LogP contribution in [0.15, 0.2) is 73.3 Å². The quantitative estimate of drug-likeness (QED) is 0.680. The SMILES string of the molecule is C=C(C/C=C/C1=CCc2ccccc21)c1cccc(C)c1. The van der Waals surface area contributed by atoms with Gasteiger partial charge >= 0.3 is 0 Å². The van der Waals surface area contributed by atoms with E-state index in [9.17, 15) is 0 Å². The van der Waals surface area contributed by atoms with Gasteiger partial charge in [0.25, 0.3) is 0 Å². The van der Waals surface area contributed by atoms with Crippen molar-refractivity contribution in [2.75, 3.05) is 0 Å². The summed E-state index contributed by atoms with van der Waals surface area (Å²) in [7, 11) is 0. The van der Waals surface area contributed by atoms with Gasteiger partial charge in [-0.2, -0.15) is 0 Å². The monoisotopic (exact) mass is 272 g/mol. The third-order valence-corrected chi connectivity index (χ3v) is 3.96. The van der Waals surface area contributed by atoms with Crippen molar-refractivity contribution in [3.8, 4) is 0 Å². The molecule has 2 aromatic carbocycles. The van der Waals surface area contributed by atoms with Crippen LogP contribution in [0.1, 0.15) is 28.7 Å². The van der Waals surface area contributed by atoms with Crippen molar-refractivity contribution in [1.29, 1.82) is 0 Å². The van der Waals surface area contributed by atoms with E-state index in [-0.39, 0.29) is 0 Å². The summed E-state index contributed by atoms with van der Waals surface area (Å²) in [4.78, 5) is 0. The van der Waals surface area contributed by atoms with Crippen LogP contribution in [0.4, 0.5) is 0 Å². The van der Waals surface area contributed by atoms with E-state index < -0.39 is 0 Å². The van der Waals surface area contributed by atoms with Gasteiger partial charge in [-0.15, -0.1) is 0 Å². The van der Waals surface area contributed by atoms with Gasteiger partial charge in [-0.05, 0) is 47.6 Å². The Morgan fingerprint density at radius 1 is 1.14 bits per heavy atom. The molecule has 21 heavy (non-hydrogen) atoms. The molecule has 0 N–H and O–H groups in total. The average molecular weight is 272 g/mol. The zero-order chi connectivity index (χ0) is 14.7. The molecule has 0 unspecified atom stereocenters. The summed E-state index contributed by atoms with van der Waals surface area (Å²) < 4.78 is 0. The molecule has 0 amide bonds. The minimum atomic E-state index is 0.892. The van der Waals surface area contributed by atoms with Gasteiger partial charge in [-0.3, -0.25) is 0 Å². The molecule has 1 aliphatic rings. The number of rotatable bonds is 4. The first-order chi connectivity index (χ1) is 10.2. The fourth-order valence-corrected chi connectivity index (χ4v) is 2.78. The second kappa shape index (κ2) is 5.97. The summed E-state index contributed by atoms with van der Waals surface area (Å²) in [6.07, 6.45) is 8.69. The van der Waals surface area contributed by atoms with Crippen LogP contribution in [-0.4, -0.2) is 0 Å². The van der Waals surface area contributed by atoms with Crippen molar-refractivity contribution in [2.24, 2.45) is 0 Å². The molecule has 0 saturated carbocycles. The van der Waals surface area contributed by atoms with Gasteiger partial charge in [0.1, 0.15) is 0 Å². The molecule has 0 aromatic heterocycles. The second-order valence-corrected chi connectivity index (χ2v) is 5.60. The smallest absolute Gasteiger partial charge is 0.00821 e. The van der Waals surface area contributed by atoms with E-state index in [0.29, 0.717) is 0 Å². The van der Waals surface area contributed by atoms with Crippen LogP contribution in [-0.2, 0) is 6.42 Å². The highest BCUT2D eigenvalue weighted by atomic mass is 14.1. The maximum Gasteiger partial charge on any atom is -0.00821 e. The van der Waals surface area contributed by atoms with Gasteiger partial charge in [0.2, 0.25) is 0 Å². The number of fused-ring (bicyclic) bond motifs is 1. The van der Waals surface area contributed by atoms with Crippen molar-refractivity contribution in [3.63, 3.8) is 0 Å². The lowest BCUT2D eigenvalue weighted by atomic mass is 10.0. The Morgan fingerprint density at radius 3 is 2.86 bits per heavy atom. The summed E-state index contributed by atoms with van der Waals surface area (Å²) >= 11 is 0. The topological polar surface area (TPSA) is 0 Å². The maximum absolute atomic E-state index is 4.20. The molecule has 0 spiro atoms. The number of allylic oxidation sites excluding steroid dienone is 5. The minimum Gasteiger partial charge on any atom is -0.0949 e. The lowest BCUT2D eigenvalue weighted by Crippen LogP contribution is -1.83. The predicted molar refractivity (Wildman–Crippen MR) is 92.1 cm³/mol. The standard InChI is InChI=1S/C21H20/c1-16-7-5-11-20(15-16)17(2)8-6-10-19-14-13-18-9-3-4-12-21(18)19/h3-7,9-12,14-15H,2,8,13H2,1H3/b10-6+. The van der Waals surface area contributed by atoms with Gasteiger partial charge in [0.15, 0.2) is 0 Å². The highest BCUT2D eigenvalue weighted by Crippen LogP contribution is 2.28. The third kappa shape index (κ3) is 3.05. The fourth-order valence-electron chi connectivity index (χ4n) is 2.78. The Balaban J connectivity index is 1.67. The van der Waals surface area contributed by atoms with Crippen LogP contribution >= 0.6 is 0 Å². The van der Waals surface area contributed by atoms with Crippen molar-refractivity contribution in [3.05, 3.63) is 95.6 Å². The lowest BCUT2D eigenvalue weighted by Gasteiger charge is -2.04. The van der Waals surface area contributed by atoms with E-state index in [1.165, 1.54) is 33.4 Å². The van der Waals surface area contributed by atoms with E-state index in [1.54, 1.807) is 0 Å². The van der Waals surface area contributed by atoms with Crippen molar-refractivity contribution in [1.82, 2.24) is 0 Å². The highest BCUT2D eigenvalue weighted by molar-refractivity contribution is 5.80. The van der Waals surface area contributed by atoms with Gasteiger partial charge < -0.3 is 0 Å². The Hall–Kier alpha value is -2.34. The van der Waals surface area contributed by atoms with Crippen LogP contribution in [0.5, 0.6) is 0 Å². The molecule has 0 aliphatic heterocycles. The molecule has 0 radical (unpaired) electrons. The Kier molecular flexibility index (Phi) is 3.87. The normalized spacial score (nSPS) is 13.3. The van der Waals surface area contributed by atoms with Crippen LogP contribution < -0.4 is 0 Å². The molecule has 0 heteroatoms. The zero-order valence-corrected chi connectivity index (χ0v) is 12.5. The van der Waals surface area contributed by atoms with Crippen LogP contribution in [0.2, 0.25) is 0 Å². The van der Waals surface area contributed by atoms with E-state index in [0.717, 1.165) is 12.8 Å². The van der Waals surface area contributed by atoms with E-state index in [1.807, 2.05) is 0 Å². The second-order valence-electron chi connectivity index (χ2n) is 5.60. The first-order valence-corrected chi connectivity index (χ1v) is 7.44. The molecule has 0 heterocycles. The summed E-state index contributed by atoms with van der Waals surface area (Å²) in [6.45, 7) is 6.32. The van der Waals surface area contributed by atoms with Crippen LogP contribution in [0.25, 0.3) is 11.1 Å². The molecular formula is C21H20.